The molecule has 2 aromatic carbocycles. The molecule has 138 valence electrons. The second kappa shape index (κ2) is 9.15. The molecular formula is C21H18O6. The molecule has 0 aliphatic carbocycles. The van der Waals surface area contributed by atoms with Crippen molar-refractivity contribution in [1.82, 2.24) is 0 Å². The maximum Gasteiger partial charge on any atom is 0.304 e. The van der Waals surface area contributed by atoms with Gasteiger partial charge < -0.3 is 15.3 Å². The summed E-state index contributed by atoms with van der Waals surface area (Å²) in [5.41, 5.74) is 1.08. The van der Waals surface area contributed by atoms with Gasteiger partial charge in [0.2, 0.25) is 0 Å². The van der Waals surface area contributed by atoms with E-state index in [0.29, 0.717) is 11.1 Å². The number of rotatable bonds is 8. The Balaban J connectivity index is 2.16. The lowest BCUT2D eigenvalue weighted by Crippen LogP contribution is -2.24. The topological polar surface area (TPSA) is 112 Å². The molecule has 0 bridgehead atoms. The van der Waals surface area contributed by atoms with Crippen molar-refractivity contribution in [3.05, 3.63) is 71.8 Å². The Morgan fingerprint density at radius 1 is 0.815 bits per heavy atom. The molecule has 0 saturated carbocycles. The highest BCUT2D eigenvalue weighted by Gasteiger charge is 2.25. The standard InChI is InChI=1S/C21H18O6/c22-16-5-1-3-14(11-16)7-9-19(24)18(13-21(26)27)20(25)10-8-15-4-2-6-17(23)12-15/h1-12,18,22-23H,13H2,(H,26,27). The molecule has 0 fully saturated rings. The van der Waals surface area contributed by atoms with Gasteiger partial charge in [-0.25, -0.2) is 0 Å². The Hall–Kier alpha value is -3.67. The molecule has 0 aromatic heterocycles. The van der Waals surface area contributed by atoms with Crippen molar-refractivity contribution < 1.29 is 29.7 Å². The summed E-state index contributed by atoms with van der Waals surface area (Å²) in [6.45, 7) is 0. The van der Waals surface area contributed by atoms with Crippen LogP contribution in [0.3, 0.4) is 0 Å². The molecule has 0 saturated heterocycles. The van der Waals surface area contributed by atoms with Gasteiger partial charge in [0.1, 0.15) is 11.5 Å². The molecule has 0 aliphatic rings. The van der Waals surface area contributed by atoms with Gasteiger partial charge in [-0.15, -0.1) is 0 Å². The number of phenols is 2. The number of benzene rings is 2. The minimum absolute atomic E-state index is 0.0248. The first-order valence-electron chi connectivity index (χ1n) is 8.09. The van der Waals surface area contributed by atoms with Crippen molar-refractivity contribution in [2.45, 2.75) is 6.42 Å². The van der Waals surface area contributed by atoms with Gasteiger partial charge in [-0.3, -0.25) is 14.4 Å². The highest BCUT2D eigenvalue weighted by atomic mass is 16.4. The fraction of sp³-hybridized carbons (Fsp3) is 0.0952. The molecule has 2 aromatic rings. The third-order valence-electron chi connectivity index (χ3n) is 3.69. The molecule has 27 heavy (non-hydrogen) atoms. The van der Waals surface area contributed by atoms with Crippen molar-refractivity contribution >= 4 is 29.7 Å². The first-order valence-corrected chi connectivity index (χ1v) is 8.09. The van der Waals surface area contributed by atoms with E-state index >= 15 is 0 Å². The lowest BCUT2D eigenvalue weighted by Gasteiger charge is -2.07. The zero-order valence-electron chi connectivity index (χ0n) is 14.3. The smallest absolute Gasteiger partial charge is 0.304 e. The number of carbonyl (C=O) groups excluding carboxylic acids is 2. The maximum atomic E-state index is 12.3. The van der Waals surface area contributed by atoms with E-state index in [1.54, 1.807) is 24.3 Å². The number of ketones is 2. The number of carboxylic acids is 1. The molecule has 0 amide bonds. The number of hydrogen-bond acceptors (Lipinski definition) is 5. The molecule has 3 N–H and O–H groups in total. The second-order valence-electron chi connectivity index (χ2n) is 5.81. The lowest BCUT2D eigenvalue weighted by atomic mass is 9.93. The van der Waals surface area contributed by atoms with Gasteiger partial charge in [-0.2, -0.15) is 0 Å². The van der Waals surface area contributed by atoms with Crippen LogP contribution in [0, 0.1) is 5.92 Å². The van der Waals surface area contributed by atoms with Crippen molar-refractivity contribution in [3.63, 3.8) is 0 Å². The van der Waals surface area contributed by atoms with Crippen LogP contribution in [-0.4, -0.2) is 32.9 Å². The molecule has 0 radical (unpaired) electrons. The molecule has 0 unspecified atom stereocenters. The van der Waals surface area contributed by atoms with Crippen LogP contribution >= 0.6 is 0 Å². The second-order valence-corrected chi connectivity index (χ2v) is 5.81. The number of allylic oxidation sites excluding steroid dienone is 2. The highest BCUT2D eigenvalue weighted by molar-refractivity contribution is 6.14. The largest absolute Gasteiger partial charge is 0.508 e. The van der Waals surface area contributed by atoms with Crippen molar-refractivity contribution in [2.24, 2.45) is 5.92 Å². The molecule has 0 aliphatic heterocycles. The van der Waals surface area contributed by atoms with Crippen LogP contribution in [0.15, 0.2) is 60.7 Å². The van der Waals surface area contributed by atoms with Crippen LogP contribution in [0.2, 0.25) is 0 Å². The average Bonchev–Trinajstić information content (AvgIpc) is 2.62. The Labute approximate surface area is 155 Å². The predicted molar refractivity (Wildman–Crippen MR) is 100 cm³/mol. The molecule has 0 heterocycles. The van der Waals surface area contributed by atoms with Crippen LogP contribution in [0.25, 0.3) is 12.2 Å². The summed E-state index contributed by atoms with van der Waals surface area (Å²) in [5.74, 6) is -3.87. The lowest BCUT2D eigenvalue weighted by molar-refractivity contribution is -0.142. The fourth-order valence-electron chi connectivity index (χ4n) is 2.36. The normalized spacial score (nSPS) is 12.3. The zero-order valence-corrected chi connectivity index (χ0v) is 14.3. The quantitative estimate of drug-likeness (QED) is 0.489. The van der Waals surface area contributed by atoms with E-state index in [-0.39, 0.29) is 11.5 Å². The van der Waals surface area contributed by atoms with Crippen LogP contribution in [0.4, 0.5) is 0 Å². The van der Waals surface area contributed by atoms with Gasteiger partial charge in [-0.05, 0) is 47.5 Å². The number of carbonyl (C=O) groups is 3. The van der Waals surface area contributed by atoms with Gasteiger partial charge in [0.15, 0.2) is 11.6 Å². The van der Waals surface area contributed by atoms with E-state index in [9.17, 15) is 24.6 Å². The summed E-state index contributed by atoms with van der Waals surface area (Å²) in [4.78, 5) is 35.7. The van der Waals surface area contributed by atoms with Crippen molar-refractivity contribution in [3.8, 4) is 11.5 Å². The van der Waals surface area contributed by atoms with E-state index in [1.807, 2.05) is 0 Å². The minimum atomic E-state index is -1.36. The van der Waals surface area contributed by atoms with Crippen molar-refractivity contribution in [1.29, 1.82) is 0 Å². The number of phenolic OH excluding ortho intramolecular Hbond substituents is 2. The van der Waals surface area contributed by atoms with Gasteiger partial charge in [-0.1, -0.05) is 36.4 Å². The molecule has 6 nitrogen and oxygen atoms in total. The Kier molecular flexibility index (Phi) is 6.66. The van der Waals surface area contributed by atoms with Crippen LogP contribution in [0.5, 0.6) is 11.5 Å². The van der Waals surface area contributed by atoms with Crippen LogP contribution < -0.4 is 0 Å². The van der Waals surface area contributed by atoms with Gasteiger partial charge >= 0.3 is 5.97 Å². The summed E-state index contributed by atoms with van der Waals surface area (Å²) >= 11 is 0. The van der Waals surface area contributed by atoms with E-state index in [4.69, 9.17) is 5.11 Å². The number of aliphatic carboxylic acids is 1. The van der Waals surface area contributed by atoms with E-state index < -0.39 is 29.9 Å². The summed E-state index contributed by atoms with van der Waals surface area (Å²) in [6, 6.07) is 12.3. The Morgan fingerprint density at radius 3 is 1.63 bits per heavy atom. The number of hydrogen-bond donors (Lipinski definition) is 3. The Bertz CT molecular complexity index is 843. The summed E-state index contributed by atoms with van der Waals surface area (Å²) < 4.78 is 0. The molecule has 0 spiro atoms. The van der Waals surface area contributed by atoms with Gasteiger partial charge in [0, 0.05) is 0 Å². The molecule has 0 atom stereocenters. The maximum absolute atomic E-state index is 12.3. The zero-order chi connectivity index (χ0) is 19.8. The molecule has 6 heteroatoms. The summed E-state index contributed by atoms with van der Waals surface area (Å²) in [7, 11) is 0. The number of aromatic hydroxyl groups is 2. The van der Waals surface area contributed by atoms with Gasteiger partial charge in [0.25, 0.3) is 0 Å². The van der Waals surface area contributed by atoms with E-state index in [0.717, 1.165) is 12.2 Å². The third-order valence-corrected chi connectivity index (χ3v) is 3.69. The average molecular weight is 366 g/mol. The molecular weight excluding hydrogens is 348 g/mol. The highest BCUT2D eigenvalue weighted by Crippen LogP contribution is 2.16. The van der Waals surface area contributed by atoms with E-state index in [2.05, 4.69) is 0 Å². The van der Waals surface area contributed by atoms with E-state index in [1.165, 1.54) is 36.4 Å². The third kappa shape index (κ3) is 6.28. The monoisotopic (exact) mass is 366 g/mol. The van der Waals surface area contributed by atoms with Gasteiger partial charge in [0.05, 0.1) is 12.3 Å². The summed E-state index contributed by atoms with van der Waals surface area (Å²) in [6.07, 6.45) is 4.43. The Morgan fingerprint density at radius 2 is 1.26 bits per heavy atom. The molecule has 2 rings (SSSR count). The van der Waals surface area contributed by atoms with Crippen LogP contribution in [-0.2, 0) is 14.4 Å². The first kappa shape index (κ1) is 19.7. The van der Waals surface area contributed by atoms with Crippen LogP contribution in [0.1, 0.15) is 17.5 Å². The van der Waals surface area contributed by atoms with Crippen molar-refractivity contribution in [2.75, 3.05) is 0 Å². The first-order chi connectivity index (χ1) is 12.8. The number of carboxylic acid groups (broad SMARTS) is 1. The fourth-order valence-corrected chi connectivity index (χ4v) is 2.36. The summed E-state index contributed by atoms with van der Waals surface area (Å²) in [5, 5.41) is 27.8. The minimum Gasteiger partial charge on any atom is -0.508 e. The predicted octanol–water partition coefficient (Wildman–Crippen LogP) is 3.05. The SMILES string of the molecule is O=C(O)CC(C(=O)C=Cc1cccc(O)c1)C(=O)C=Cc1cccc(O)c1.